The van der Waals surface area contributed by atoms with Crippen molar-refractivity contribution in [2.24, 2.45) is 0 Å². The Morgan fingerprint density at radius 3 is 2.38 bits per heavy atom. The average Bonchev–Trinajstić information content (AvgIpc) is 2.46. The molecule has 2 aromatic rings. The number of carboxylic acid groups (broad SMARTS) is 1. The summed E-state index contributed by atoms with van der Waals surface area (Å²) in [5.41, 5.74) is 0.882. The van der Waals surface area contributed by atoms with Gasteiger partial charge in [-0.1, -0.05) is 41.9 Å². The minimum absolute atomic E-state index is 0.0497. The molecule has 1 atom stereocenters. The van der Waals surface area contributed by atoms with Gasteiger partial charge in [-0.2, -0.15) is 0 Å². The lowest BCUT2D eigenvalue weighted by Gasteiger charge is -2.13. The predicted octanol–water partition coefficient (Wildman–Crippen LogP) is 3.66. The molecule has 6 heteroatoms. The predicted molar refractivity (Wildman–Crippen MR) is 78.6 cm³/mol. The molecule has 2 aromatic carbocycles. The Kier molecular flexibility index (Phi) is 4.55. The maximum absolute atomic E-state index is 11.5. The Hall–Kier alpha value is -2.40. The van der Waals surface area contributed by atoms with E-state index in [1.807, 2.05) is 0 Å². The molecule has 0 aliphatic heterocycles. The van der Waals surface area contributed by atoms with Crippen molar-refractivity contribution in [2.45, 2.75) is 12.3 Å². The van der Waals surface area contributed by atoms with Crippen LogP contribution in [0.15, 0.2) is 48.5 Å². The first-order valence-corrected chi connectivity index (χ1v) is 6.57. The van der Waals surface area contributed by atoms with E-state index in [0.29, 0.717) is 16.1 Å². The lowest BCUT2D eigenvalue weighted by Crippen LogP contribution is -2.15. The monoisotopic (exact) mass is 305 g/mol. The average molecular weight is 306 g/mol. The van der Waals surface area contributed by atoms with E-state index in [-0.39, 0.29) is 12.1 Å². The van der Waals surface area contributed by atoms with Crippen LogP contribution in [0.1, 0.15) is 17.0 Å². The standard InChI is InChI=1S/C15H12ClNO4/c16-12-7-5-10(6-8-12)13(15(18)19)9-11-3-1-2-4-14(11)17(20)21/h1-8,13H,9H2,(H,18,19). The first-order valence-electron chi connectivity index (χ1n) is 6.19. The maximum atomic E-state index is 11.5. The van der Waals surface area contributed by atoms with Gasteiger partial charge in [-0.25, -0.2) is 0 Å². The van der Waals surface area contributed by atoms with Crippen LogP contribution in [0.4, 0.5) is 5.69 Å². The molecule has 0 aromatic heterocycles. The van der Waals surface area contributed by atoms with Gasteiger partial charge in [0.1, 0.15) is 0 Å². The summed E-state index contributed by atoms with van der Waals surface area (Å²) < 4.78 is 0. The highest BCUT2D eigenvalue weighted by Gasteiger charge is 2.24. The van der Waals surface area contributed by atoms with Crippen molar-refractivity contribution in [1.29, 1.82) is 0 Å². The molecule has 0 heterocycles. The number of halogens is 1. The molecule has 0 radical (unpaired) electrons. The molecule has 0 bridgehead atoms. The zero-order valence-electron chi connectivity index (χ0n) is 10.9. The maximum Gasteiger partial charge on any atom is 0.311 e. The van der Waals surface area contributed by atoms with Crippen molar-refractivity contribution in [1.82, 2.24) is 0 Å². The van der Waals surface area contributed by atoms with Gasteiger partial charge < -0.3 is 5.11 Å². The quantitative estimate of drug-likeness (QED) is 0.675. The van der Waals surface area contributed by atoms with Gasteiger partial charge in [-0.05, 0) is 24.1 Å². The number of nitro benzene ring substituents is 1. The number of hydrogen-bond acceptors (Lipinski definition) is 3. The number of hydrogen-bond donors (Lipinski definition) is 1. The smallest absolute Gasteiger partial charge is 0.311 e. The third-order valence-corrected chi connectivity index (χ3v) is 3.43. The third kappa shape index (κ3) is 3.58. The second-order valence-electron chi connectivity index (χ2n) is 4.53. The number of carboxylic acids is 1. The number of para-hydroxylation sites is 1. The van der Waals surface area contributed by atoms with Gasteiger partial charge in [0.05, 0.1) is 10.8 Å². The van der Waals surface area contributed by atoms with E-state index in [1.165, 1.54) is 6.07 Å². The number of aliphatic carboxylic acids is 1. The minimum Gasteiger partial charge on any atom is -0.481 e. The summed E-state index contributed by atoms with van der Waals surface area (Å²) >= 11 is 5.79. The van der Waals surface area contributed by atoms with Gasteiger partial charge in [0, 0.05) is 16.7 Å². The molecule has 0 aliphatic carbocycles. The van der Waals surface area contributed by atoms with Crippen molar-refractivity contribution < 1.29 is 14.8 Å². The van der Waals surface area contributed by atoms with Crippen LogP contribution < -0.4 is 0 Å². The van der Waals surface area contributed by atoms with Gasteiger partial charge in [-0.15, -0.1) is 0 Å². The fourth-order valence-electron chi connectivity index (χ4n) is 2.12. The van der Waals surface area contributed by atoms with E-state index in [4.69, 9.17) is 11.6 Å². The molecule has 1 N–H and O–H groups in total. The second-order valence-corrected chi connectivity index (χ2v) is 4.97. The largest absolute Gasteiger partial charge is 0.481 e. The SMILES string of the molecule is O=C(O)C(Cc1ccccc1[N+](=O)[O-])c1ccc(Cl)cc1. The summed E-state index contributed by atoms with van der Waals surface area (Å²) in [5, 5.41) is 20.9. The molecule has 0 spiro atoms. The summed E-state index contributed by atoms with van der Waals surface area (Å²) in [6, 6.07) is 12.6. The van der Waals surface area contributed by atoms with E-state index in [1.54, 1.807) is 42.5 Å². The van der Waals surface area contributed by atoms with Crippen LogP contribution in [0.2, 0.25) is 5.02 Å². The Bertz CT molecular complexity index is 670. The summed E-state index contributed by atoms with van der Waals surface area (Å²) in [5.74, 6) is -1.89. The van der Waals surface area contributed by atoms with Crippen LogP contribution in [0.3, 0.4) is 0 Å². The highest BCUT2D eigenvalue weighted by molar-refractivity contribution is 6.30. The molecule has 0 amide bonds. The van der Waals surface area contributed by atoms with Gasteiger partial charge in [0.15, 0.2) is 0 Å². The lowest BCUT2D eigenvalue weighted by atomic mass is 9.91. The van der Waals surface area contributed by atoms with E-state index in [9.17, 15) is 20.0 Å². The van der Waals surface area contributed by atoms with Crippen molar-refractivity contribution in [3.8, 4) is 0 Å². The molecule has 21 heavy (non-hydrogen) atoms. The third-order valence-electron chi connectivity index (χ3n) is 3.18. The molecule has 2 rings (SSSR count). The number of nitrogens with zero attached hydrogens (tertiary/aromatic N) is 1. The zero-order chi connectivity index (χ0) is 15.4. The Balaban J connectivity index is 2.35. The molecular weight excluding hydrogens is 294 g/mol. The van der Waals surface area contributed by atoms with E-state index >= 15 is 0 Å². The molecule has 108 valence electrons. The van der Waals surface area contributed by atoms with Gasteiger partial charge in [0.2, 0.25) is 0 Å². The van der Waals surface area contributed by atoms with Crippen LogP contribution in [0, 0.1) is 10.1 Å². The number of nitro groups is 1. The summed E-state index contributed by atoms with van der Waals surface area (Å²) in [6.45, 7) is 0. The topological polar surface area (TPSA) is 80.4 Å². The normalized spacial score (nSPS) is 11.9. The summed E-state index contributed by atoms with van der Waals surface area (Å²) in [4.78, 5) is 22.0. The first-order chi connectivity index (χ1) is 9.99. The van der Waals surface area contributed by atoms with Crippen LogP contribution >= 0.6 is 11.6 Å². The van der Waals surface area contributed by atoms with Crippen molar-refractivity contribution >= 4 is 23.3 Å². The van der Waals surface area contributed by atoms with Gasteiger partial charge in [-0.3, -0.25) is 14.9 Å². The van der Waals surface area contributed by atoms with Crippen molar-refractivity contribution in [3.05, 3.63) is 74.8 Å². The zero-order valence-corrected chi connectivity index (χ0v) is 11.7. The van der Waals surface area contributed by atoms with Crippen molar-refractivity contribution in [3.63, 3.8) is 0 Å². The van der Waals surface area contributed by atoms with Crippen LogP contribution in [0.5, 0.6) is 0 Å². The van der Waals surface area contributed by atoms with Crippen LogP contribution in [-0.2, 0) is 11.2 Å². The molecule has 0 saturated carbocycles. The van der Waals surface area contributed by atoms with E-state index < -0.39 is 16.8 Å². The minimum atomic E-state index is -1.03. The van der Waals surface area contributed by atoms with Gasteiger partial charge in [0.25, 0.3) is 5.69 Å². The number of benzene rings is 2. The summed E-state index contributed by atoms with van der Waals surface area (Å²) in [7, 11) is 0. The van der Waals surface area contributed by atoms with Crippen molar-refractivity contribution in [2.75, 3.05) is 0 Å². The van der Waals surface area contributed by atoms with E-state index in [2.05, 4.69) is 0 Å². The van der Waals surface area contributed by atoms with E-state index in [0.717, 1.165) is 0 Å². The fraction of sp³-hybridized carbons (Fsp3) is 0.133. The van der Waals surface area contributed by atoms with Crippen LogP contribution in [0.25, 0.3) is 0 Å². The number of rotatable bonds is 5. The molecular formula is C15H12ClNO4. The second kappa shape index (κ2) is 6.37. The Morgan fingerprint density at radius 2 is 1.81 bits per heavy atom. The number of carbonyl (C=O) groups is 1. The lowest BCUT2D eigenvalue weighted by molar-refractivity contribution is -0.385. The molecule has 0 aliphatic rings. The summed E-state index contributed by atoms with van der Waals surface area (Å²) in [6.07, 6.45) is 0.0497. The fourth-order valence-corrected chi connectivity index (χ4v) is 2.25. The molecule has 0 saturated heterocycles. The Labute approximate surface area is 125 Å². The highest BCUT2D eigenvalue weighted by atomic mass is 35.5. The first kappa shape index (κ1) is 15.0. The molecule has 5 nitrogen and oxygen atoms in total. The molecule has 0 fully saturated rings. The highest BCUT2D eigenvalue weighted by Crippen LogP contribution is 2.27. The van der Waals surface area contributed by atoms with Gasteiger partial charge >= 0.3 is 5.97 Å². The Morgan fingerprint density at radius 1 is 1.19 bits per heavy atom. The van der Waals surface area contributed by atoms with Crippen LogP contribution in [-0.4, -0.2) is 16.0 Å². The molecule has 1 unspecified atom stereocenters.